The minimum Gasteiger partial charge on any atom is -0.507 e. The van der Waals surface area contributed by atoms with Gasteiger partial charge in [0.25, 0.3) is 0 Å². The Hall–Kier alpha value is -1.75. The van der Waals surface area contributed by atoms with E-state index < -0.39 is 0 Å². The zero-order valence-corrected chi connectivity index (χ0v) is 12.5. The van der Waals surface area contributed by atoms with Crippen LogP contribution in [0, 0.1) is 5.92 Å². The van der Waals surface area contributed by atoms with E-state index in [0.29, 0.717) is 17.9 Å². The van der Waals surface area contributed by atoms with Crippen molar-refractivity contribution in [2.24, 2.45) is 5.92 Å². The van der Waals surface area contributed by atoms with Gasteiger partial charge >= 0.3 is 0 Å². The molecule has 2 unspecified atom stereocenters. The number of hydrogen-bond acceptors (Lipinski definition) is 4. The lowest BCUT2D eigenvalue weighted by Gasteiger charge is -2.24. The highest BCUT2D eigenvalue weighted by atomic mass is 16.3. The molecule has 0 heterocycles. The van der Waals surface area contributed by atoms with Crippen LogP contribution in [-0.4, -0.2) is 29.2 Å². The fourth-order valence-electron chi connectivity index (χ4n) is 2.27. The predicted molar refractivity (Wildman–Crippen MR) is 78.6 cm³/mol. The van der Waals surface area contributed by atoms with Crippen LogP contribution in [0.5, 0.6) is 11.5 Å². The van der Waals surface area contributed by atoms with Gasteiger partial charge in [0.1, 0.15) is 11.5 Å². The number of carbonyl (C=O) groups excluding carboxylic acids is 1. The third-order valence-electron chi connectivity index (χ3n) is 3.21. The lowest BCUT2D eigenvalue weighted by molar-refractivity contribution is -0.123. The molecule has 1 aromatic carbocycles. The average Bonchev–Trinajstić information content (AvgIpc) is 2.36. The molecule has 0 saturated carbocycles. The highest BCUT2D eigenvalue weighted by Gasteiger charge is 2.23. The summed E-state index contributed by atoms with van der Waals surface area (Å²) < 4.78 is 0. The first-order valence-electron chi connectivity index (χ1n) is 6.85. The third kappa shape index (κ3) is 4.13. The van der Waals surface area contributed by atoms with Crippen LogP contribution in [-0.2, 0) is 4.79 Å². The molecular formula is C15H24N2O3. The molecule has 0 spiro atoms. The van der Waals surface area contributed by atoms with Crippen molar-refractivity contribution in [2.75, 3.05) is 7.05 Å². The standard InChI is InChI=1S/C15H24N2O3/c1-9(2)8-11(15(20)16-4)17-10(3)14-12(18)6-5-7-13(14)19/h5-7,9-11,17-19H,8H2,1-4H3,(H,16,20). The first-order valence-corrected chi connectivity index (χ1v) is 6.85. The molecule has 0 aliphatic heterocycles. The highest BCUT2D eigenvalue weighted by molar-refractivity contribution is 5.81. The molecule has 20 heavy (non-hydrogen) atoms. The van der Waals surface area contributed by atoms with Gasteiger partial charge in [-0.25, -0.2) is 0 Å². The normalized spacial score (nSPS) is 14.1. The van der Waals surface area contributed by atoms with E-state index in [1.165, 1.54) is 12.1 Å². The van der Waals surface area contributed by atoms with Gasteiger partial charge < -0.3 is 15.5 Å². The summed E-state index contributed by atoms with van der Waals surface area (Å²) in [5.41, 5.74) is 0.408. The topological polar surface area (TPSA) is 81.6 Å². The van der Waals surface area contributed by atoms with Crippen molar-refractivity contribution in [3.8, 4) is 11.5 Å². The number of carbonyl (C=O) groups is 1. The summed E-state index contributed by atoms with van der Waals surface area (Å²) in [5.74, 6) is 0.297. The van der Waals surface area contributed by atoms with Gasteiger partial charge in [-0.1, -0.05) is 19.9 Å². The first kappa shape index (κ1) is 16.3. The van der Waals surface area contributed by atoms with Crippen LogP contribution in [0.1, 0.15) is 38.8 Å². The molecule has 1 amide bonds. The monoisotopic (exact) mass is 280 g/mol. The van der Waals surface area contributed by atoms with Crippen LogP contribution in [0.3, 0.4) is 0 Å². The lowest BCUT2D eigenvalue weighted by Crippen LogP contribution is -2.44. The third-order valence-corrected chi connectivity index (χ3v) is 3.21. The van der Waals surface area contributed by atoms with Gasteiger partial charge in [0.15, 0.2) is 0 Å². The zero-order valence-electron chi connectivity index (χ0n) is 12.5. The number of amides is 1. The summed E-state index contributed by atoms with van der Waals surface area (Å²) in [5, 5.41) is 25.5. The van der Waals surface area contributed by atoms with Crippen molar-refractivity contribution in [1.82, 2.24) is 10.6 Å². The van der Waals surface area contributed by atoms with Gasteiger partial charge in [-0.15, -0.1) is 0 Å². The molecule has 1 rings (SSSR count). The Morgan fingerprint density at radius 3 is 2.20 bits per heavy atom. The van der Waals surface area contributed by atoms with Crippen LogP contribution in [0.25, 0.3) is 0 Å². The maximum atomic E-state index is 11.9. The fraction of sp³-hybridized carbons (Fsp3) is 0.533. The van der Waals surface area contributed by atoms with Gasteiger partial charge in [0.05, 0.1) is 11.6 Å². The van der Waals surface area contributed by atoms with Crippen LogP contribution < -0.4 is 10.6 Å². The van der Waals surface area contributed by atoms with Gasteiger partial charge in [-0.2, -0.15) is 0 Å². The Bertz CT molecular complexity index is 440. The molecule has 0 aromatic heterocycles. The van der Waals surface area contributed by atoms with E-state index >= 15 is 0 Å². The number of aromatic hydroxyl groups is 2. The van der Waals surface area contributed by atoms with Crippen molar-refractivity contribution in [3.05, 3.63) is 23.8 Å². The lowest BCUT2D eigenvalue weighted by atomic mass is 10.00. The Balaban J connectivity index is 2.90. The molecule has 4 N–H and O–H groups in total. The van der Waals surface area contributed by atoms with Crippen molar-refractivity contribution in [2.45, 2.75) is 39.3 Å². The maximum Gasteiger partial charge on any atom is 0.236 e. The molecule has 0 fully saturated rings. The Kier molecular flexibility index (Phi) is 5.82. The highest BCUT2D eigenvalue weighted by Crippen LogP contribution is 2.32. The molecule has 5 nitrogen and oxygen atoms in total. The van der Waals surface area contributed by atoms with Crippen molar-refractivity contribution < 1.29 is 15.0 Å². The molecule has 5 heteroatoms. The molecule has 0 saturated heterocycles. The van der Waals surface area contributed by atoms with Gasteiger partial charge in [0.2, 0.25) is 5.91 Å². The molecule has 0 bridgehead atoms. The number of nitrogens with one attached hydrogen (secondary N) is 2. The summed E-state index contributed by atoms with van der Waals surface area (Å²) in [7, 11) is 1.60. The largest absolute Gasteiger partial charge is 0.507 e. The molecular weight excluding hydrogens is 256 g/mol. The van der Waals surface area contributed by atoms with Crippen LogP contribution in [0.4, 0.5) is 0 Å². The van der Waals surface area contributed by atoms with Crippen LogP contribution in [0.15, 0.2) is 18.2 Å². The van der Waals surface area contributed by atoms with Gasteiger partial charge in [-0.05, 0) is 31.4 Å². The number of rotatable bonds is 6. The van der Waals surface area contributed by atoms with Gasteiger partial charge in [-0.3, -0.25) is 10.1 Å². The summed E-state index contributed by atoms with van der Waals surface area (Å²) in [6.07, 6.45) is 0.679. The molecule has 0 aliphatic carbocycles. The summed E-state index contributed by atoms with van der Waals surface area (Å²) in [6.45, 7) is 5.89. The van der Waals surface area contributed by atoms with Crippen LogP contribution in [0.2, 0.25) is 0 Å². The smallest absolute Gasteiger partial charge is 0.236 e. The molecule has 1 aromatic rings. The van der Waals surface area contributed by atoms with Gasteiger partial charge in [0, 0.05) is 13.1 Å². The second kappa shape index (κ2) is 7.14. The minimum atomic E-state index is -0.367. The molecule has 0 aliphatic rings. The van der Waals surface area contributed by atoms with Crippen LogP contribution >= 0.6 is 0 Å². The molecule has 0 radical (unpaired) electrons. The van der Waals surface area contributed by atoms with E-state index in [9.17, 15) is 15.0 Å². The van der Waals surface area contributed by atoms with E-state index in [2.05, 4.69) is 10.6 Å². The van der Waals surface area contributed by atoms with E-state index in [1.807, 2.05) is 20.8 Å². The SMILES string of the molecule is CNC(=O)C(CC(C)C)NC(C)c1c(O)cccc1O. The summed E-state index contributed by atoms with van der Waals surface area (Å²) >= 11 is 0. The number of benzene rings is 1. The van der Waals surface area contributed by atoms with Crippen molar-refractivity contribution in [1.29, 1.82) is 0 Å². The predicted octanol–water partition coefficient (Wildman–Crippen LogP) is 1.91. The van der Waals surface area contributed by atoms with E-state index in [-0.39, 0.29) is 29.5 Å². The number of phenolic OH excluding ortho intramolecular Hbond substituents is 2. The van der Waals surface area contributed by atoms with Crippen molar-refractivity contribution >= 4 is 5.91 Å². The Morgan fingerprint density at radius 2 is 1.75 bits per heavy atom. The van der Waals surface area contributed by atoms with Crippen molar-refractivity contribution in [3.63, 3.8) is 0 Å². The average molecular weight is 280 g/mol. The number of phenols is 2. The summed E-state index contributed by atoms with van der Waals surface area (Å²) in [4.78, 5) is 11.9. The van der Waals surface area contributed by atoms with E-state index in [0.717, 1.165) is 0 Å². The zero-order chi connectivity index (χ0) is 15.3. The van der Waals surface area contributed by atoms with E-state index in [1.54, 1.807) is 13.1 Å². The Morgan fingerprint density at radius 1 is 1.20 bits per heavy atom. The number of hydrogen-bond donors (Lipinski definition) is 4. The second-order valence-electron chi connectivity index (χ2n) is 5.39. The van der Waals surface area contributed by atoms with E-state index in [4.69, 9.17) is 0 Å². The fourth-order valence-corrected chi connectivity index (χ4v) is 2.27. The Labute approximate surface area is 120 Å². The maximum absolute atomic E-state index is 11.9. The quantitative estimate of drug-likeness (QED) is 0.641. The molecule has 112 valence electrons. The first-order chi connectivity index (χ1) is 9.36. The number of likely N-dealkylation sites (N-methyl/N-ethyl adjacent to an activating group) is 1. The summed E-state index contributed by atoms with van der Waals surface area (Å²) in [6, 6.07) is 3.91. The minimum absolute atomic E-state index is 0.0187. The second-order valence-corrected chi connectivity index (χ2v) is 5.39. The molecule has 2 atom stereocenters.